The molecule has 0 aliphatic carbocycles. The highest BCUT2D eigenvalue weighted by Gasteiger charge is 2.08. The van der Waals surface area contributed by atoms with Crippen LogP contribution in [0.5, 0.6) is 0 Å². The molecule has 4 heteroatoms. The fourth-order valence-corrected chi connectivity index (χ4v) is 1.16. The predicted molar refractivity (Wildman–Crippen MR) is 59.2 cm³/mol. The van der Waals surface area contributed by atoms with E-state index < -0.39 is 0 Å². The molecule has 3 N–H and O–H groups in total. The first-order valence-corrected chi connectivity index (χ1v) is 5.10. The van der Waals surface area contributed by atoms with Crippen molar-refractivity contribution in [3.05, 3.63) is 30.1 Å². The number of carbonyl (C=O) groups is 1. The summed E-state index contributed by atoms with van der Waals surface area (Å²) in [5.41, 5.74) is 6.56. The SMILES string of the molecule is CC(CN)C(=O)NCCc1ccncc1. The number of nitrogens with two attached hydrogens (primary N) is 1. The van der Waals surface area contributed by atoms with Gasteiger partial charge >= 0.3 is 0 Å². The van der Waals surface area contributed by atoms with Gasteiger partial charge in [0.15, 0.2) is 0 Å². The second kappa shape index (κ2) is 6.14. The fraction of sp³-hybridized carbons (Fsp3) is 0.455. The summed E-state index contributed by atoms with van der Waals surface area (Å²) in [6, 6.07) is 3.89. The van der Waals surface area contributed by atoms with Crippen molar-refractivity contribution in [2.45, 2.75) is 13.3 Å². The van der Waals surface area contributed by atoms with E-state index >= 15 is 0 Å². The van der Waals surface area contributed by atoms with Gasteiger partial charge in [-0.25, -0.2) is 0 Å². The van der Waals surface area contributed by atoms with Crippen LogP contribution in [0.2, 0.25) is 0 Å². The van der Waals surface area contributed by atoms with Crippen molar-refractivity contribution in [2.24, 2.45) is 11.7 Å². The molecule has 1 aromatic rings. The number of nitrogens with one attached hydrogen (secondary N) is 1. The minimum Gasteiger partial charge on any atom is -0.355 e. The Balaban J connectivity index is 2.25. The third-order valence-corrected chi connectivity index (χ3v) is 2.26. The maximum absolute atomic E-state index is 11.4. The molecule has 1 heterocycles. The summed E-state index contributed by atoms with van der Waals surface area (Å²) in [6.07, 6.45) is 4.32. The molecule has 1 unspecified atom stereocenters. The summed E-state index contributed by atoms with van der Waals surface area (Å²) in [7, 11) is 0. The van der Waals surface area contributed by atoms with Crippen molar-refractivity contribution in [2.75, 3.05) is 13.1 Å². The molecule has 0 aromatic carbocycles. The molecule has 1 rings (SSSR count). The smallest absolute Gasteiger partial charge is 0.224 e. The van der Waals surface area contributed by atoms with Crippen LogP contribution in [-0.4, -0.2) is 24.0 Å². The molecule has 1 atom stereocenters. The van der Waals surface area contributed by atoms with Gasteiger partial charge in [-0.15, -0.1) is 0 Å². The topological polar surface area (TPSA) is 68.0 Å². The Bertz CT molecular complexity index is 300. The van der Waals surface area contributed by atoms with Crippen LogP contribution in [0.15, 0.2) is 24.5 Å². The predicted octanol–water partition coefficient (Wildman–Crippen LogP) is 0.335. The second-order valence-corrected chi connectivity index (χ2v) is 3.53. The van der Waals surface area contributed by atoms with Crippen LogP contribution in [-0.2, 0) is 11.2 Å². The van der Waals surface area contributed by atoms with Gasteiger partial charge in [-0.3, -0.25) is 9.78 Å². The van der Waals surface area contributed by atoms with Crippen molar-refractivity contribution in [1.29, 1.82) is 0 Å². The number of rotatable bonds is 5. The average molecular weight is 207 g/mol. The highest BCUT2D eigenvalue weighted by Crippen LogP contribution is 1.96. The van der Waals surface area contributed by atoms with Crippen molar-refractivity contribution in [3.8, 4) is 0 Å². The summed E-state index contributed by atoms with van der Waals surface area (Å²) in [4.78, 5) is 15.3. The first kappa shape index (κ1) is 11.7. The number of carbonyl (C=O) groups excluding carboxylic acids is 1. The molecule has 82 valence electrons. The first-order valence-electron chi connectivity index (χ1n) is 5.10. The van der Waals surface area contributed by atoms with Gasteiger partial charge in [-0.2, -0.15) is 0 Å². The lowest BCUT2D eigenvalue weighted by atomic mass is 10.1. The van der Waals surface area contributed by atoms with Crippen molar-refractivity contribution < 1.29 is 4.79 Å². The van der Waals surface area contributed by atoms with Gasteiger partial charge in [0.25, 0.3) is 0 Å². The summed E-state index contributed by atoms with van der Waals surface area (Å²) in [6.45, 7) is 2.86. The second-order valence-electron chi connectivity index (χ2n) is 3.53. The zero-order valence-corrected chi connectivity index (χ0v) is 8.94. The van der Waals surface area contributed by atoms with Crippen LogP contribution in [0.1, 0.15) is 12.5 Å². The van der Waals surface area contributed by atoms with E-state index in [4.69, 9.17) is 5.73 Å². The maximum atomic E-state index is 11.4. The largest absolute Gasteiger partial charge is 0.355 e. The molecule has 0 saturated heterocycles. The molecule has 0 radical (unpaired) electrons. The van der Waals surface area contributed by atoms with Crippen LogP contribution in [0.3, 0.4) is 0 Å². The van der Waals surface area contributed by atoms with Gasteiger partial charge in [0.05, 0.1) is 0 Å². The van der Waals surface area contributed by atoms with Gasteiger partial charge < -0.3 is 11.1 Å². The van der Waals surface area contributed by atoms with Crippen LogP contribution in [0, 0.1) is 5.92 Å². The highest BCUT2D eigenvalue weighted by molar-refractivity contribution is 5.78. The van der Waals surface area contributed by atoms with Gasteiger partial charge in [-0.05, 0) is 24.1 Å². The van der Waals surface area contributed by atoms with Crippen LogP contribution in [0.4, 0.5) is 0 Å². The van der Waals surface area contributed by atoms with Gasteiger partial charge in [0.2, 0.25) is 5.91 Å². The number of amides is 1. The molecule has 15 heavy (non-hydrogen) atoms. The minimum atomic E-state index is -0.109. The fourth-order valence-electron chi connectivity index (χ4n) is 1.16. The van der Waals surface area contributed by atoms with E-state index in [2.05, 4.69) is 10.3 Å². The molecule has 0 bridgehead atoms. The normalized spacial score (nSPS) is 12.1. The standard InChI is InChI=1S/C11H17N3O/c1-9(8-12)11(15)14-7-4-10-2-5-13-6-3-10/h2-3,5-6,9H,4,7-8,12H2,1H3,(H,14,15). The van der Waals surface area contributed by atoms with E-state index in [-0.39, 0.29) is 11.8 Å². The number of hydrogen-bond acceptors (Lipinski definition) is 3. The third-order valence-electron chi connectivity index (χ3n) is 2.26. The van der Waals surface area contributed by atoms with E-state index in [0.717, 1.165) is 6.42 Å². The molecule has 4 nitrogen and oxygen atoms in total. The van der Waals surface area contributed by atoms with Crippen LogP contribution in [0.25, 0.3) is 0 Å². The lowest BCUT2D eigenvalue weighted by molar-refractivity contribution is -0.124. The van der Waals surface area contributed by atoms with Crippen molar-refractivity contribution >= 4 is 5.91 Å². The number of aromatic nitrogens is 1. The Morgan fingerprint density at radius 1 is 1.53 bits per heavy atom. The molecule has 0 aliphatic rings. The monoisotopic (exact) mass is 207 g/mol. The number of hydrogen-bond donors (Lipinski definition) is 2. The van der Waals surface area contributed by atoms with Crippen molar-refractivity contribution in [1.82, 2.24) is 10.3 Å². The van der Waals surface area contributed by atoms with E-state index in [1.165, 1.54) is 5.56 Å². The summed E-state index contributed by atoms with van der Waals surface area (Å²) in [5.74, 6) is -0.0889. The van der Waals surface area contributed by atoms with Crippen molar-refractivity contribution in [3.63, 3.8) is 0 Å². The Hall–Kier alpha value is -1.42. The Morgan fingerprint density at radius 2 is 2.20 bits per heavy atom. The first-order chi connectivity index (χ1) is 7.24. The van der Waals surface area contributed by atoms with E-state index in [9.17, 15) is 4.79 Å². The summed E-state index contributed by atoms with van der Waals surface area (Å²) >= 11 is 0. The molecular weight excluding hydrogens is 190 g/mol. The lowest BCUT2D eigenvalue weighted by Gasteiger charge is -2.09. The summed E-state index contributed by atoms with van der Waals surface area (Å²) < 4.78 is 0. The molecular formula is C11H17N3O. The van der Waals surface area contributed by atoms with Crippen LogP contribution >= 0.6 is 0 Å². The quantitative estimate of drug-likeness (QED) is 0.731. The third kappa shape index (κ3) is 4.08. The van der Waals surface area contributed by atoms with E-state index in [1.807, 2.05) is 19.1 Å². The Morgan fingerprint density at radius 3 is 2.80 bits per heavy atom. The van der Waals surface area contributed by atoms with Gasteiger partial charge in [0, 0.05) is 31.4 Å². The molecule has 0 saturated carbocycles. The summed E-state index contributed by atoms with van der Waals surface area (Å²) in [5, 5.41) is 2.84. The van der Waals surface area contributed by atoms with E-state index in [1.54, 1.807) is 12.4 Å². The molecule has 0 aliphatic heterocycles. The Labute approximate surface area is 89.9 Å². The van der Waals surface area contributed by atoms with Crippen LogP contribution < -0.4 is 11.1 Å². The minimum absolute atomic E-state index is 0.0200. The lowest BCUT2D eigenvalue weighted by Crippen LogP contribution is -2.34. The van der Waals surface area contributed by atoms with Gasteiger partial charge in [0.1, 0.15) is 0 Å². The number of pyridine rings is 1. The molecule has 1 amide bonds. The molecule has 1 aromatic heterocycles. The number of nitrogens with zero attached hydrogens (tertiary/aromatic N) is 1. The Kier molecular flexibility index (Phi) is 4.77. The van der Waals surface area contributed by atoms with Gasteiger partial charge in [-0.1, -0.05) is 6.92 Å². The maximum Gasteiger partial charge on any atom is 0.224 e. The molecule has 0 spiro atoms. The zero-order chi connectivity index (χ0) is 11.1. The zero-order valence-electron chi connectivity index (χ0n) is 8.94. The molecule has 0 fully saturated rings. The average Bonchev–Trinajstić information content (AvgIpc) is 2.29. The van der Waals surface area contributed by atoms with E-state index in [0.29, 0.717) is 13.1 Å². The highest BCUT2D eigenvalue weighted by atomic mass is 16.1.